The van der Waals surface area contributed by atoms with E-state index in [0.29, 0.717) is 30.6 Å². The number of aliphatic imine (C=N–C) groups is 1. The molecular formula is C22H28FN5O. The third-order valence-electron chi connectivity index (χ3n) is 6.58. The van der Waals surface area contributed by atoms with Crippen molar-refractivity contribution in [3.05, 3.63) is 47.5 Å². The summed E-state index contributed by atoms with van der Waals surface area (Å²) in [5.41, 5.74) is 2.87. The highest BCUT2D eigenvalue weighted by Gasteiger charge is 2.53. The van der Waals surface area contributed by atoms with Gasteiger partial charge in [-0.1, -0.05) is 0 Å². The monoisotopic (exact) mass is 397 g/mol. The second-order valence-corrected chi connectivity index (χ2v) is 8.35. The summed E-state index contributed by atoms with van der Waals surface area (Å²) in [7, 11) is 0. The average molecular weight is 397 g/mol. The molecule has 0 radical (unpaired) electrons. The van der Waals surface area contributed by atoms with E-state index >= 15 is 0 Å². The summed E-state index contributed by atoms with van der Waals surface area (Å²) in [4.78, 5) is 7.33. The van der Waals surface area contributed by atoms with Gasteiger partial charge in [0.1, 0.15) is 5.82 Å². The number of nitrogens with one attached hydrogen (secondary N) is 1. The number of ether oxygens (including phenoxy) is 1. The van der Waals surface area contributed by atoms with Crippen molar-refractivity contribution in [2.45, 2.75) is 45.4 Å². The van der Waals surface area contributed by atoms with E-state index in [9.17, 15) is 4.39 Å². The van der Waals surface area contributed by atoms with Gasteiger partial charge in [-0.15, -0.1) is 0 Å². The van der Waals surface area contributed by atoms with Gasteiger partial charge in [0, 0.05) is 43.2 Å². The Morgan fingerprint density at radius 1 is 1.21 bits per heavy atom. The number of halogens is 1. The molecule has 6 nitrogen and oxygen atoms in total. The number of guanidine groups is 1. The molecule has 3 fully saturated rings. The van der Waals surface area contributed by atoms with E-state index in [-0.39, 0.29) is 5.82 Å². The summed E-state index contributed by atoms with van der Waals surface area (Å²) in [5, 5.41) is 8.05. The third-order valence-corrected chi connectivity index (χ3v) is 6.58. The fraction of sp³-hybridized carbons (Fsp3) is 0.545. The summed E-state index contributed by atoms with van der Waals surface area (Å²) < 4.78 is 21.1. The van der Waals surface area contributed by atoms with E-state index in [0.717, 1.165) is 42.5 Å². The molecule has 1 N–H and O–H groups in total. The zero-order valence-electron chi connectivity index (χ0n) is 17.0. The first-order valence-electron chi connectivity index (χ1n) is 10.6. The van der Waals surface area contributed by atoms with E-state index in [4.69, 9.17) is 9.73 Å². The van der Waals surface area contributed by atoms with Crippen LogP contribution in [-0.2, 0) is 11.3 Å². The Kier molecular flexibility index (Phi) is 4.78. The predicted molar refractivity (Wildman–Crippen MR) is 110 cm³/mol. The quantitative estimate of drug-likeness (QED) is 0.637. The number of aryl methyl sites for hydroxylation is 1. The number of hydrogen-bond donors (Lipinski definition) is 1. The largest absolute Gasteiger partial charge is 0.374 e. The number of fused-ring (bicyclic) bond motifs is 5. The normalized spacial score (nSPS) is 28.2. The first-order valence-corrected chi connectivity index (χ1v) is 10.6. The SMILES string of the molecule is CCNC(=NCc1cn(-c2ccc(F)cc2)nc1C)N1CC2C3CCC(O3)C2C1. The molecule has 7 heteroatoms. The van der Waals surface area contributed by atoms with Gasteiger partial charge >= 0.3 is 0 Å². The fourth-order valence-electron chi connectivity index (χ4n) is 5.10. The van der Waals surface area contributed by atoms with Crippen LogP contribution >= 0.6 is 0 Å². The Morgan fingerprint density at radius 2 is 1.90 bits per heavy atom. The minimum Gasteiger partial charge on any atom is -0.374 e. The standard InChI is InChI=1S/C22H28FN5O/c1-3-24-22(27-12-18-19(13-27)21-9-8-20(18)29-21)25-10-15-11-28(26-14(15)2)17-6-4-16(23)5-7-17/h4-7,11,18-21H,3,8-10,12-13H2,1-2H3,(H,24,25). The van der Waals surface area contributed by atoms with Crippen LogP contribution in [-0.4, -0.2) is 52.5 Å². The molecule has 29 heavy (non-hydrogen) atoms. The van der Waals surface area contributed by atoms with Gasteiger partial charge in [0.15, 0.2) is 5.96 Å². The second kappa shape index (κ2) is 7.44. The van der Waals surface area contributed by atoms with Crippen molar-refractivity contribution in [1.82, 2.24) is 20.0 Å². The summed E-state index contributed by atoms with van der Waals surface area (Å²) >= 11 is 0. The molecule has 2 bridgehead atoms. The van der Waals surface area contributed by atoms with Crippen molar-refractivity contribution in [3.63, 3.8) is 0 Å². The smallest absolute Gasteiger partial charge is 0.194 e. The molecule has 0 aliphatic carbocycles. The highest BCUT2D eigenvalue weighted by atomic mass is 19.1. The lowest BCUT2D eigenvalue weighted by molar-refractivity contribution is 0.0767. The van der Waals surface area contributed by atoms with Gasteiger partial charge < -0.3 is 15.0 Å². The van der Waals surface area contributed by atoms with Crippen LogP contribution in [0.5, 0.6) is 0 Å². The maximum absolute atomic E-state index is 13.2. The minimum absolute atomic E-state index is 0.244. The zero-order valence-corrected chi connectivity index (χ0v) is 17.0. The summed E-state index contributed by atoms with van der Waals surface area (Å²) in [6, 6.07) is 6.37. The maximum Gasteiger partial charge on any atom is 0.194 e. The average Bonchev–Trinajstić information content (AvgIpc) is 3.47. The van der Waals surface area contributed by atoms with Crippen LogP contribution in [0.2, 0.25) is 0 Å². The molecule has 5 rings (SSSR count). The van der Waals surface area contributed by atoms with Crippen molar-refractivity contribution >= 4 is 5.96 Å². The number of nitrogens with zero attached hydrogens (tertiary/aromatic N) is 4. The van der Waals surface area contributed by atoms with Gasteiger partial charge in [-0.05, 0) is 51.0 Å². The zero-order chi connectivity index (χ0) is 20.0. The van der Waals surface area contributed by atoms with Crippen LogP contribution in [0.25, 0.3) is 5.69 Å². The van der Waals surface area contributed by atoms with Crippen molar-refractivity contribution in [1.29, 1.82) is 0 Å². The molecular weight excluding hydrogens is 369 g/mol. The minimum atomic E-state index is -0.244. The van der Waals surface area contributed by atoms with E-state index in [1.165, 1.54) is 25.0 Å². The molecule has 3 aliphatic rings. The van der Waals surface area contributed by atoms with Crippen molar-refractivity contribution < 1.29 is 9.13 Å². The van der Waals surface area contributed by atoms with Gasteiger partial charge in [0.2, 0.25) is 0 Å². The molecule has 154 valence electrons. The molecule has 1 aromatic carbocycles. The molecule has 3 aliphatic heterocycles. The summed E-state index contributed by atoms with van der Waals surface area (Å²) in [6.07, 6.45) is 5.33. The number of likely N-dealkylation sites (tertiary alicyclic amines) is 1. The Morgan fingerprint density at radius 3 is 2.55 bits per heavy atom. The van der Waals surface area contributed by atoms with Crippen LogP contribution in [0.4, 0.5) is 4.39 Å². The van der Waals surface area contributed by atoms with Crippen LogP contribution in [0.1, 0.15) is 31.0 Å². The molecule has 4 unspecified atom stereocenters. The van der Waals surface area contributed by atoms with Crippen LogP contribution in [0.3, 0.4) is 0 Å². The highest BCUT2D eigenvalue weighted by molar-refractivity contribution is 5.80. The van der Waals surface area contributed by atoms with E-state index in [2.05, 4.69) is 22.2 Å². The van der Waals surface area contributed by atoms with E-state index in [1.54, 1.807) is 16.8 Å². The molecule has 2 aromatic rings. The van der Waals surface area contributed by atoms with Gasteiger partial charge in [-0.2, -0.15) is 5.10 Å². The van der Waals surface area contributed by atoms with Crippen LogP contribution in [0.15, 0.2) is 35.5 Å². The summed E-state index contributed by atoms with van der Waals surface area (Å²) in [5.74, 6) is 2.04. The van der Waals surface area contributed by atoms with Crippen LogP contribution < -0.4 is 5.32 Å². The second-order valence-electron chi connectivity index (χ2n) is 8.35. The van der Waals surface area contributed by atoms with Gasteiger partial charge in [-0.3, -0.25) is 0 Å². The molecule has 0 spiro atoms. The van der Waals surface area contributed by atoms with Gasteiger partial charge in [0.05, 0.1) is 30.1 Å². The highest BCUT2D eigenvalue weighted by Crippen LogP contribution is 2.47. The molecule has 0 amide bonds. The van der Waals surface area contributed by atoms with Crippen molar-refractivity contribution in [2.75, 3.05) is 19.6 Å². The Balaban J connectivity index is 1.32. The lowest BCUT2D eigenvalue weighted by atomic mass is 9.82. The predicted octanol–water partition coefficient (Wildman–Crippen LogP) is 2.89. The molecule has 3 saturated heterocycles. The molecule has 0 saturated carbocycles. The number of hydrogen-bond acceptors (Lipinski definition) is 3. The van der Waals surface area contributed by atoms with E-state index in [1.807, 2.05) is 13.1 Å². The molecule has 1 aromatic heterocycles. The maximum atomic E-state index is 13.2. The number of aromatic nitrogens is 2. The third kappa shape index (κ3) is 3.41. The fourth-order valence-corrected chi connectivity index (χ4v) is 5.10. The topological polar surface area (TPSA) is 54.7 Å². The lowest BCUT2D eigenvalue weighted by Gasteiger charge is -2.23. The lowest BCUT2D eigenvalue weighted by Crippen LogP contribution is -2.41. The molecule has 4 heterocycles. The van der Waals surface area contributed by atoms with Gasteiger partial charge in [0.25, 0.3) is 0 Å². The summed E-state index contributed by atoms with van der Waals surface area (Å²) in [6.45, 7) is 7.59. The Labute approximate surface area is 170 Å². The Bertz CT molecular complexity index is 890. The van der Waals surface area contributed by atoms with Crippen molar-refractivity contribution in [2.24, 2.45) is 16.8 Å². The Hall–Kier alpha value is -2.41. The molecule has 4 atom stereocenters. The van der Waals surface area contributed by atoms with Gasteiger partial charge in [-0.25, -0.2) is 14.1 Å². The first-order chi connectivity index (χ1) is 14.1. The van der Waals surface area contributed by atoms with Crippen LogP contribution in [0, 0.1) is 24.6 Å². The van der Waals surface area contributed by atoms with Crippen molar-refractivity contribution in [3.8, 4) is 5.69 Å². The first kappa shape index (κ1) is 18.6. The van der Waals surface area contributed by atoms with E-state index < -0.39 is 0 Å². The number of rotatable bonds is 4. The number of benzene rings is 1.